The molecule has 12 heavy (non-hydrogen) atoms. The summed E-state index contributed by atoms with van der Waals surface area (Å²) in [5.41, 5.74) is -0.0274. The first kappa shape index (κ1) is 9.79. The monoisotopic (exact) mass is 168 g/mol. The Morgan fingerprint density at radius 1 is 1.42 bits per heavy atom. The van der Waals surface area contributed by atoms with E-state index in [0.29, 0.717) is 5.92 Å². The summed E-state index contributed by atoms with van der Waals surface area (Å²) in [6.45, 7) is 6.19. The van der Waals surface area contributed by atoms with E-state index in [1.165, 1.54) is 32.1 Å². The quantitative estimate of drug-likeness (QED) is 0.642. The Labute approximate surface area is 75.5 Å². The molecule has 1 N–H and O–H groups in total. The zero-order valence-corrected chi connectivity index (χ0v) is 8.05. The molecule has 0 radical (unpaired) electrons. The largest absolute Gasteiger partial charge is 0.395 e. The summed E-state index contributed by atoms with van der Waals surface area (Å²) >= 11 is 0. The van der Waals surface area contributed by atoms with Crippen LogP contribution in [0.15, 0.2) is 12.7 Å². The van der Waals surface area contributed by atoms with Gasteiger partial charge in [0.2, 0.25) is 0 Å². The van der Waals surface area contributed by atoms with Crippen LogP contribution in [0, 0.1) is 11.3 Å². The van der Waals surface area contributed by atoms with Crippen LogP contribution >= 0.6 is 0 Å². The summed E-state index contributed by atoms with van der Waals surface area (Å²) in [7, 11) is 0. The number of rotatable bonds is 3. The van der Waals surface area contributed by atoms with Crippen LogP contribution < -0.4 is 0 Å². The van der Waals surface area contributed by atoms with Crippen molar-refractivity contribution in [1.29, 1.82) is 0 Å². The topological polar surface area (TPSA) is 20.2 Å². The minimum atomic E-state index is -0.0274. The van der Waals surface area contributed by atoms with E-state index in [4.69, 9.17) is 0 Å². The van der Waals surface area contributed by atoms with Crippen LogP contribution in [-0.4, -0.2) is 11.7 Å². The van der Waals surface area contributed by atoms with Gasteiger partial charge in [0.25, 0.3) is 0 Å². The minimum absolute atomic E-state index is 0.0274. The summed E-state index contributed by atoms with van der Waals surface area (Å²) in [6, 6.07) is 0. The Balaban J connectivity index is 2.57. The van der Waals surface area contributed by atoms with Crippen LogP contribution in [0.3, 0.4) is 0 Å². The molecular weight excluding hydrogens is 148 g/mol. The normalized spacial score (nSPS) is 24.8. The van der Waals surface area contributed by atoms with Crippen molar-refractivity contribution in [1.82, 2.24) is 0 Å². The molecule has 1 saturated carbocycles. The smallest absolute Gasteiger partial charge is 0.0521 e. The Kier molecular flexibility index (Phi) is 3.33. The highest BCUT2D eigenvalue weighted by Gasteiger charge is 2.31. The molecule has 0 amide bonds. The van der Waals surface area contributed by atoms with E-state index in [0.717, 1.165) is 0 Å². The Morgan fingerprint density at radius 2 is 2.00 bits per heavy atom. The van der Waals surface area contributed by atoms with Crippen molar-refractivity contribution in [2.45, 2.75) is 39.0 Å². The first-order valence-corrected chi connectivity index (χ1v) is 4.97. The second-order valence-corrected chi connectivity index (χ2v) is 4.20. The molecule has 1 aliphatic rings. The van der Waals surface area contributed by atoms with Gasteiger partial charge in [-0.2, -0.15) is 0 Å². The number of hydrogen-bond donors (Lipinski definition) is 1. The molecule has 1 nitrogen and oxygen atoms in total. The van der Waals surface area contributed by atoms with Gasteiger partial charge in [0, 0.05) is 5.41 Å². The molecule has 1 fully saturated rings. The maximum absolute atomic E-state index is 9.27. The van der Waals surface area contributed by atoms with Crippen molar-refractivity contribution in [3.63, 3.8) is 0 Å². The third-order valence-corrected chi connectivity index (χ3v) is 3.34. The van der Waals surface area contributed by atoms with Crippen LogP contribution in [0.5, 0.6) is 0 Å². The molecule has 0 aliphatic heterocycles. The Hall–Kier alpha value is -0.300. The lowest BCUT2D eigenvalue weighted by Crippen LogP contribution is -2.30. The fourth-order valence-corrected chi connectivity index (χ4v) is 2.12. The zero-order valence-electron chi connectivity index (χ0n) is 8.05. The number of aliphatic hydroxyl groups excluding tert-OH is 1. The van der Waals surface area contributed by atoms with E-state index in [1.54, 1.807) is 0 Å². The molecule has 0 unspecified atom stereocenters. The van der Waals surface area contributed by atoms with Gasteiger partial charge in [-0.05, 0) is 18.8 Å². The highest BCUT2D eigenvalue weighted by molar-refractivity contribution is 4.96. The van der Waals surface area contributed by atoms with Crippen LogP contribution in [0.4, 0.5) is 0 Å². The average molecular weight is 168 g/mol. The van der Waals surface area contributed by atoms with E-state index >= 15 is 0 Å². The molecule has 1 aliphatic carbocycles. The maximum atomic E-state index is 9.27. The van der Waals surface area contributed by atoms with Crippen LogP contribution in [0.2, 0.25) is 0 Å². The Morgan fingerprint density at radius 3 is 2.42 bits per heavy atom. The van der Waals surface area contributed by atoms with Crippen molar-refractivity contribution < 1.29 is 5.11 Å². The first-order chi connectivity index (χ1) is 5.73. The molecule has 0 aromatic rings. The minimum Gasteiger partial charge on any atom is -0.395 e. The van der Waals surface area contributed by atoms with Crippen molar-refractivity contribution >= 4 is 0 Å². The van der Waals surface area contributed by atoms with E-state index in [9.17, 15) is 5.11 Å². The van der Waals surface area contributed by atoms with E-state index < -0.39 is 0 Å². The lowest BCUT2D eigenvalue weighted by atomic mass is 9.70. The van der Waals surface area contributed by atoms with Gasteiger partial charge in [-0.15, -0.1) is 6.58 Å². The second kappa shape index (κ2) is 4.08. The molecule has 70 valence electrons. The fraction of sp³-hybridized carbons (Fsp3) is 0.818. The molecule has 1 rings (SSSR count). The fourth-order valence-electron chi connectivity index (χ4n) is 2.12. The Bertz CT molecular complexity index is 147. The molecule has 1 atom stereocenters. The van der Waals surface area contributed by atoms with Gasteiger partial charge in [0.1, 0.15) is 0 Å². The van der Waals surface area contributed by atoms with Gasteiger partial charge < -0.3 is 5.11 Å². The molecule has 0 aromatic heterocycles. The van der Waals surface area contributed by atoms with Crippen LogP contribution in [-0.2, 0) is 0 Å². The van der Waals surface area contributed by atoms with Crippen LogP contribution in [0.25, 0.3) is 0 Å². The molecule has 0 heterocycles. The standard InChI is InChI=1S/C11H20O/c1-3-11(2,9-12)10-7-5-4-6-8-10/h3,10,12H,1,4-9H2,2H3/t11-/m1/s1. The maximum Gasteiger partial charge on any atom is 0.0521 e. The van der Waals surface area contributed by atoms with Crippen molar-refractivity contribution in [3.8, 4) is 0 Å². The SMILES string of the molecule is C=C[C@](C)(CO)C1CCCCC1. The van der Waals surface area contributed by atoms with E-state index in [-0.39, 0.29) is 12.0 Å². The lowest BCUT2D eigenvalue weighted by Gasteiger charge is -2.36. The van der Waals surface area contributed by atoms with E-state index in [2.05, 4.69) is 13.5 Å². The zero-order chi connectivity index (χ0) is 9.03. The molecule has 1 heteroatoms. The predicted octanol–water partition coefficient (Wildman–Crippen LogP) is 2.75. The summed E-state index contributed by atoms with van der Waals surface area (Å²) < 4.78 is 0. The summed E-state index contributed by atoms with van der Waals surface area (Å²) in [6.07, 6.45) is 8.49. The predicted molar refractivity (Wildman–Crippen MR) is 52.0 cm³/mol. The molecule has 0 bridgehead atoms. The van der Waals surface area contributed by atoms with Gasteiger partial charge in [0.05, 0.1) is 6.61 Å². The molecule has 0 aromatic carbocycles. The van der Waals surface area contributed by atoms with Gasteiger partial charge in [0.15, 0.2) is 0 Å². The van der Waals surface area contributed by atoms with Gasteiger partial charge >= 0.3 is 0 Å². The van der Waals surface area contributed by atoms with Crippen LogP contribution in [0.1, 0.15) is 39.0 Å². The highest BCUT2D eigenvalue weighted by atomic mass is 16.3. The highest BCUT2D eigenvalue weighted by Crippen LogP contribution is 2.38. The number of hydrogen-bond acceptors (Lipinski definition) is 1. The molecule has 0 saturated heterocycles. The third kappa shape index (κ3) is 1.89. The van der Waals surface area contributed by atoms with Gasteiger partial charge in [-0.25, -0.2) is 0 Å². The van der Waals surface area contributed by atoms with Gasteiger partial charge in [-0.1, -0.05) is 32.3 Å². The van der Waals surface area contributed by atoms with Crippen molar-refractivity contribution in [3.05, 3.63) is 12.7 Å². The average Bonchev–Trinajstić information content (AvgIpc) is 2.18. The molecule has 0 spiro atoms. The molecular formula is C11H20O. The van der Waals surface area contributed by atoms with E-state index in [1.807, 2.05) is 6.08 Å². The lowest BCUT2D eigenvalue weighted by molar-refractivity contribution is 0.0991. The number of aliphatic hydroxyl groups is 1. The van der Waals surface area contributed by atoms with Gasteiger partial charge in [-0.3, -0.25) is 0 Å². The summed E-state index contributed by atoms with van der Waals surface area (Å²) in [5, 5.41) is 9.27. The first-order valence-electron chi connectivity index (χ1n) is 4.97. The second-order valence-electron chi connectivity index (χ2n) is 4.20. The third-order valence-electron chi connectivity index (χ3n) is 3.34. The van der Waals surface area contributed by atoms with Crippen molar-refractivity contribution in [2.75, 3.05) is 6.61 Å². The van der Waals surface area contributed by atoms with Crippen molar-refractivity contribution in [2.24, 2.45) is 11.3 Å². The summed E-state index contributed by atoms with van der Waals surface area (Å²) in [5.74, 6) is 0.661. The summed E-state index contributed by atoms with van der Waals surface area (Å²) in [4.78, 5) is 0.